The number of ether oxygens (including phenoxy) is 1. The molecule has 0 aliphatic heterocycles. The van der Waals surface area contributed by atoms with Crippen molar-refractivity contribution in [3.63, 3.8) is 0 Å². The molecule has 6 nitrogen and oxygen atoms in total. The maximum atomic E-state index is 12.0. The maximum Gasteiger partial charge on any atom is 0.407 e. The smallest absolute Gasteiger partial charge is 0.407 e. The van der Waals surface area contributed by atoms with Gasteiger partial charge in [0, 0.05) is 13.0 Å². The zero-order valence-electron chi connectivity index (χ0n) is 15.3. The summed E-state index contributed by atoms with van der Waals surface area (Å²) in [5.41, 5.74) is 0.698. The number of alkyl carbamates (subject to hydrolysis) is 1. The number of benzene rings is 1. The van der Waals surface area contributed by atoms with Crippen molar-refractivity contribution in [2.45, 2.75) is 59.0 Å². The first-order valence-electron chi connectivity index (χ1n) is 7.99. The lowest BCUT2D eigenvalue weighted by Crippen LogP contribution is -2.34. The SMILES string of the molecule is CC(C)(C)OC(=O)NCCC(=O)Nc1cc(C(C)(C)C)ccc1O. The molecule has 1 aromatic carbocycles. The summed E-state index contributed by atoms with van der Waals surface area (Å²) >= 11 is 0. The van der Waals surface area contributed by atoms with Gasteiger partial charge in [-0.2, -0.15) is 0 Å². The van der Waals surface area contributed by atoms with E-state index in [-0.39, 0.29) is 30.0 Å². The van der Waals surface area contributed by atoms with Crippen LogP contribution in [0.2, 0.25) is 0 Å². The van der Waals surface area contributed by atoms with E-state index in [1.807, 2.05) is 6.07 Å². The summed E-state index contributed by atoms with van der Waals surface area (Å²) < 4.78 is 5.09. The molecule has 2 amide bonds. The average Bonchev–Trinajstić information content (AvgIpc) is 2.37. The van der Waals surface area contributed by atoms with Crippen LogP contribution in [0.15, 0.2) is 18.2 Å². The zero-order valence-corrected chi connectivity index (χ0v) is 15.3. The van der Waals surface area contributed by atoms with Crippen LogP contribution in [-0.4, -0.2) is 29.3 Å². The molecule has 0 aliphatic rings. The standard InChI is InChI=1S/C18H28N2O4/c1-17(2,3)12-7-8-14(21)13(11-12)20-15(22)9-10-19-16(23)24-18(4,5)6/h7-8,11,21H,9-10H2,1-6H3,(H,19,23)(H,20,22). The lowest BCUT2D eigenvalue weighted by atomic mass is 9.87. The number of amides is 2. The van der Waals surface area contributed by atoms with Gasteiger partial charge in [-0.3, -0.25) is 4.79 Å². The highest BCUT2D eigenvalue weighted by Crippen LogP contribution is 2.30. The minimum absolute atomic E-state index is 0.0106. The first kappa shape index (κ1) is 19.8. The molecular formula is C18H28N2O4. The molecule has 0 unspecified atom stereocenters. The third-order valence-corrected chi connectivity index (χ3v) is 3.16. The van der Waals surface area contributed by atoms with Gasteiger partial charge in [-0.15, -0.1) is 0 Å². The molecule has 0 bridgehead atoms. The van der Waals surface area contributed by atoms with Crippen molar-refractivity contribution in [3.05, 3.63) is 23.8 Å². The van der Waals surface area contributed by atoms with Crippen LogP contribution in [0.3, 0.4) is 0 Å². The van der Waals surface area contributed by atoms with E-state index in [9.17, 15) is 14.7 Å². The van der Waals surface area contributed by atoms with E-state index in [1.54, 1.807) is 32.9 Å². The Morgan fingerprint density at radius 3 is 2.29 bits per heavy atom. The minimum Gasteiger partial charge on any atom is -0.506 e. The van der Waals surface area contributed by atoms with E-state index >= 15 is 0 Å². The van der Waals surface area contributed by atoms with Crippen molar-refractivity contribution in [1.29, 1.82) is 0 Å². The number of rotatable bonds is 4. The van der Waals surface area contributed by atoms with Gasteiger partial charge in [-0.25, -0.2) is 4.79 Å². The fourth-order valence-corrected chi connectivity index (χ4v) is 1.91. The molecule has 0 saturated carbocycles. The van der Waals surface area contributed by atoms with Crippen molar-refractivity contribution < 1.29 is 19.4 Å². The molecule has 0 saturated heterocycles. The largest absolute Gasteiger partial charge is 0.506 e. The molecule has 1 aromatic rings. The molecule has 0 spiro atoms. The van der Waals surface area contributed by atoms with Gasteiger partial charge in [-0.05, 0) is 43.9 Å². The van der Waals surface area contributed by atoms with Crippen LogP contribution in [-0.2, 0) is 14.9 Å². The van der Waals surface area contributed by atoms with Crippen LogP contribution in [0.25, 0.3) is 0 Å². The molecule has 0 heterocycles. The van der Waals surface area contributed by atoms with Crippen molar-refractivity contribution in [1.82, 2.24) is 5.32 Å². The second kappa shape index (κ2) is 7.55. The molecule has 0 atom stereocenters. The molecule has 24 heavy (non-hydrogen) atoms. The fraction of sp³-hybridized carbons (Fsp3) is 0.556. The van der Waals surface area contributed by atoms with Crippen molar-refractivity contribution in [2.75, 3.05) is 11.9 Å². The fourth-order valence-electron chi connectivity index (χ4n) is 1.91. The summed E-state index contributed by atoms with van der Waals surface area (Å²) in [5, 5.41) is 15.1. The van der Waals surface area contributed by atoms with Crippen molar-refractivity contribution >= 4 is 17.7 Å². The summed E-state index contributed by atoms with van der Waals surface area (Å²) in [5.74, 6) is -0.288. The van der Waals surface area contributed by atoms with Crippen LogP contribution in [0.4, 0.5) is 10.5 Å². The molecule has 0 aromatic heterocycles. The molecule has 3 N–H and O–H groups in total. The normalized spacial score (nSPS) is 11.8. The van der Waals surface area contributed by atoms with Crippen LogP contribution in [0.1, 0.15) is 53.5 Å². The van der Waals surface area contributed by atoms with Gasteiger partial charge in [0.2, 0.25) is 5.91 Å². The second-order valence-electron chi connectivity index (χ2n) is 7.71. The van der Waals surface area contributed by atoms with E-state index in [1.165, 1.54) is 0 Å². The number of hydrogen-bond donors (Lipinski definition) is 3. The second-order valence-corrected chi connectivity index (χ2v) is 7.71. The first-order chi connectivity index (χ1) is 10.9. The highest BCUT2D eigenvalue weighted by Gasteiger charge is 2.17. The van der Waals surface area contributed by atoms with Crippen molar-refractivity contribution in [3.8, 4) is 5.75 Å². The average molecular weight is 336 g/mol. The van der Waals surface area contributed by atoms with E-state index in [4.69, 9.17) is 4.74 Å². The third kappa shape index (κ3) is 6.89. The molecule has 0 aliphatic carbocycles. The maximum absolute atomic E-state index is 12.0. The highest BCUT2D eigenvalue weighted by atomic mass is 16.6. The number of phenolic OH excluding ortho intramolecular Hbond substituents is 1. The zero-order chi connectivity index (χ0) is 18.5. The molecule has 0 radical (unpaired) electrons. The van der Waals surface area contributed by atoms with Gasteiger partial charge >= 0.3 is 6.09 Å². The topological polar surface area (TPSA) is 87.7 Å². The number of anilines is 1. The molecule has 6 heteroatoms. The number of phenols is 1. The Kier molecular flexibility index (Phi) is 6.23. The Hall–Kier alpha value is -2.24. The van der Waals surface area contributed by atoms with Gasteiger partial charge < -0.3 is 20.5 Å². The number of hydrogen-bond acceptors (Lipinski definition) is 4. The Morgan fingerprint density at radius 1 is 1.12 bits per heavy atom. The Morgan fingerprint density at radius 2 is 1.75 bits per heavy atom. The monoisotopic (exact) mass is 336 g/mol. The number of carbonyl (C=O) groups is 2. The van der Waals surface area contributed by atoms with E-state index in [0.717, 1.165) is 5.56 Å². The lowest BCUT2D eigenvalue weighted by Gasteiger charge is -2.20. The van der Waals surface area contributed by atoms with Crippen LogP contribution >= 0.6 is 0 Å². The quantitative estimate of drug-likeness (QED) is 0.734. The van der Waals surface area contributed by atoms with E-state index < -0.39 is 11.7 Å². The van der Waals surface area contributed by atoms with Crippen molar-refractivity contribution in [2.24, 2.45) is 0 Å². The first-order valence-corrected chi connectivity index (χ1v) is 7.99. The Labute approximate surface area is 143 Å². The predicted molar refractivity (Wildman–Crippen MR) is 94.3 cm³/mol. The molecular weight excluding hydrogens is 308 g/mol. The summed E-state index contributed by atoms with van der Waals surface area (Å²) in [6.45, 7) is 11.6. The van der Waals surface area contributed by atoms with Gasteiger partial charge in [0.15, 0.2) is 0 Å². The Bertz CT molecular complexity index is 598. The van der Waals surface area contributed by atoms with Gasteiger partial charge in [-0.1, -0.05) is 26.8 Å². The summed E-state index contributed by atoms with van der Waals surface area (Å²) in [6.07, 6.45) is -0.480. The number of carbonyl (C=O) groups excluding carboxylic acids is 2. The predicted octanol–water partition coefficient (Wildman–Crippen LogP) is 3.54. The third-order valence-electron chi connectivity index (χ3n) is 3.16. The summed E-state index contributed by atoms with van der Waals surface area (Å²) in [7, 11) is 0. The minimum atomic E-state index is -0.578. The Balaban J connectivity index is 2.55. The van der Waals surface area contributed by atoms with E-state index in [2.05, 4.69) is 31.4 Å². The lowest BCUT2D eigenvalue weighted by molar-refractivity contribution is -0.116. The summed E-state index contributed by atoms with van der Waals surface area (Å²) in [6, 6.07) is 5.15. The molecule has 0 fully saturated rings. The van der Waals surface area contributed by atoms with Crippen LogP contribution in [0.5, 0.6) is 5.75 Å². The van der Waals surface area contributed by atoms with Crippen LogP contribution < -0.4 is 10.6 Å². The van der Waals surface area contributed by atoms with Gasteiger partial charge in [0.1, 0.15) is 11.4 Å². The van der Waals surface area contributed by atoms with E-state index in [0.29, 0.717) is 5.69 Å². The molecule has 134 valence electrons. The number of nitrogens with one attached hydrogen (secondary N) is 2. The summed E-state index contributed by atoms with van der Waals surface area (Å²) in [4.78, 5) is 23.5. The number of aromatic hydroxyl groups is 1. The van der Waals surface area contributed by atoms with Gasteiger partial charge in [0.25, 0.3) is 0 Å². The highest BCUT2D eigenvalue weighted by molar-refractivity contribution is 5.92. The van der Waals surface area contributed by atoms with Gasteiger partial charge in [0.05, 0.1) is 5.69 Å². The molecule has 1 rings (SSSR count). The van der Waals surface area contributed by atoms with Crippen LogP contribution in [0, 0.1) is 0 Å².